The molecule has 1 N–H and O–H groups in total. The standard InChI is InChI=1S/C9H16N4O/c14-7-6-13-9(10-11-12-13)8-4-2-1-3-5-8/h8,14H,1-7H2. The Bertz CT molecular complexity index is 280. The Labute approximate surface area is 83.1 Å². The van der Waals surface area contributed by atoms with Crippen molar-refractivity contribution in [2.24, 2.45) is 0 Å². The van der Waals surface area contributed by atoms with Crippen molar-refractivity contribution in [2.45, 2.75) is 44.6 Å². The third-order valence-corrected chi connectivity index (χ3v) is 2.84. The second-order valence-corrected chi connectivity index (χ2v) is 3.82. The lowest BCUT2D eigenvalue weighted by molar-refractivity contribution is 0.262. The molecule has 0 aromatic carbocycles. The lowest BCUT2D eigenvalue weighted by Crippen LogP contribution is -2.14. The van der Waals surface area contributed by atoms with Gasteiger partial charge in [0.05, 0.1) is 13.2 Å². The van der Waals surface area contributed by atoms with Gasteiger partial charge in [0.1, 0.15) is 0 Å². The predicted octanol–water partition coefficient (Wildman–Crippen LogP) is 0.713. The van der Waals surface area contributed by atoms with Crippen molar-refractivity contribution in [3.63, 3.8) is 0 Å². The van der Waals surface area contributed by atoms with E-state index < -0.39 is 0 Å². The van der Waals surface area contributed by atoms with Gasteiger partial charge >= 0.3 is 0 Å². The fraction of sp³-hybridized carbons (Fsp3) is 0.889. The Hall–Kier alpha value is -0.970. The van der Waals surface area contributed by atoms with Crippen LogP contribution in [0.25, 0.3) is 0 Å². The number of hydrogen-bond donors (Lipinski definition) is 1. The highest BCUT2D eigenvalue weighted by atomic mass is 16.3. The summed E-state index contributed by atoms with van der Waals surface area (Å²) in [6.45, 7) is 0.615. The topological polar surface area (TPSA) is 63.8 Å². The van der Waals surface area contributed by atoms with Gasteiger partial charge in [0.25, 0.3) is 0 Å². The van der Waals surface area contributed by atoms with E-state index in [0.717, 1.165) is 5.82 Å². The number of hydrogen-bond acceptors (Lipinski definition) is 4. The molecule has 0 atom stereocenters. The molecule has 1 aliphatic carbocycles. The van der Waals surface area contributed by atoms with Crippen LogP contribution >= 0.6 is 0 Å². The van der Waals surface area contributed by atoms with Gasteiger partial charge in [-0.3, -0.25) is 0 Å². The van der Waals surface area contributed by atoms with E-state index in [4.69, 9.17) is 5.11 Å². The quantitative estimate of drug-likeness (QED) is 0.773. The molecular weight excluding hydrogens is 180 g/mol. The first-order chi connectivity index (χ1) is 6.92. The lowest BCUT2D eigenvalue weighted by Gasteiger charge is -2.20. The van der Waals surface area contributed by atoms with Gasteiger partial charge in [0.15, 0.2) is 5.82 Å². The lowest BCUT2D eigenvalue weighted by atomic mass is 9.89. The van der Waals surface area contributed by atoms with Crippen LogP contribution in [0.5, 0.6) is 0 Å². The summed E-state index contributed by atoms with van der Waals surface area (Å²) in [7, 11) is 0. The molecule has 14 heavy (non-hydrogen) atoms. The van der Waals surface area contributed by atoms with Crippen LogP contribution in [0.4, 0.5) is 0 Å². The maximum Gasteiger partial charge on any atom is 0.154 e. The SMILES string of the molecule is OCCn1nnnc1C1CCCCC1. The fourth-order valence-electron chi connectivity index (χ4n) is 2.12. The van der Waals surface area contributed by atoms with Crippen LogP contribution in [-0.4, -0.2) is 31.9 Å². The average molecular weight is 196 g/mol. The van der Waals surface area contributed by atoms with Crippen LogP contribution in [0.15, 0.2) is 0 Å². The Morgan fingerprint density at radius 2 is 2.07 bits per heavy atom. The van der Waals surface area contributed by atoms with E-state index in [1.54, 1.807) is 4.68 Å². The van der Waals surface area contributed by atoms with E-state index in [9.17, 15) is 0 Å². The first-order valence-electron chi connectivity index (χ1n) is 5.28. The molecule has 1 aromatic heterocycles. The van der Waals surface area contributed by atoms with Crippen LogP contribution in [0.2, 0.25) is 0 Å². The second-order valence-electron chi connectivity index (χ2n) is 3.82. The predicted molar refractivity (Wildman–Crippen MR) is 50.7 cm³/mol. The number of nitrogens with zero attached hydrogens (tertiary/aromatic N) is 4. The van der Waals surface area contributed by atoms with Crippen molar-refractivity contribution in [3.8, 4) is 0 Å². The number of aromatic nitrogens is 4. The van der Waals surface area contributed by atoms with Crippen molar-refractivity contribution in [2.75, 3.05) is 6.61 Å². The zero-order chi connectivity index (χ0) is 9.80. The summed E-state index contributed by atoms with van der Waals surface area (Å²) in [4.78, 5) is 0. The second kappa shape index (κ2) is 4.50. The Kier molecular flexibility index (Phi) is 3.08. The molecule has 78 valence electrons. The van der Waals surface area contributed by atoms with Crippen LogP contribution in [0.3, 0.4) is 0 Å². The van der Waals surface area contributed by atoms with Gasteiger partial charge < -0.3 is 5.11 Å². The average Bonchev–Trinajstić information content (AvgIpc) is 2.68. The molecule has 0 spiro atoms. The Morgan fingerprint density at radius 1 is 1.29 bits per heavy atom. The highest BCUT2D eigenvalue weighted by Crippen LogP contribution is 2.30. The molecule has 0 bridgehead atoms. The number of aliphatic hydroxyl groups is 1. The minimum atomic E-state index is 0.102. The summed E-state index contributed by atoms with van der Waals surface area (Å²) in [5, 5.41) is 20.4. The third kappa shape index (κ3) is 1.92. The number of rotatable bonds is 3. The van der Waals surface area contributed by atoms with E-state index in [1.807, 2.05) is 0 Å². The summed E-state index contributed by atoms with van der Waals surface area (Å²) in [5.41, 5.74) is 0. The van der Waals surface area contributed by atoms with E-state index in [0.29, 0.717) is 12.5 Å². The summed E-state index contributed by atoms with van der Waals surface area (Å²) in [6.07, 6.45) is 6.25. The monoisotopic (exact) mass is 196 g/mol. The fourth-order valence-corrected chi connectivity index (χ4v) is 2.12. The summed E-state index contributed by atoms with van der Waals surface area (Å²) >= 11 is 0. The zero-order valence-electron chi connectivity index (χ0n) is 8.26. The zero-order valence-corrected chi connectivity index (χ0v) is 8.26. The number of aliphatic hydroxyl groups excluding tert-OH is 1. The van der Waals surface area contributed by atoms with Crippen LogP contribution < -0.4 is 0 Å². The number of tetrazole rings is 1. The Morgan fingerprint density at radius 3 is 2.79 bits per heavy atom. The first-order valence-corrected chi connectivity index (χ1v) is 5.28. The smallest absolute Gasteiger partial charge is 0.154 e. The highest BCUT2D eigenvalue weighted by Gasteiger charge is 2.21. The minimum Gasteiger partial charge on any atom is -0.394 e. The molecule has 2 rings (SSSR count). The molecule has 1 aliphatic rings. The first kappa shape index (κ1) is 9.58. The van der Waals surface area contributed by atoms with Gasteiger partial charge in [-0.05, 0) is 23.3 Å². The summed E-state index contributed by atoms with van der Waals surface area (Å²) in [5.74, 6) is 1.46. The van der Waals surface area contributed by atoms with Crippen molar-refractivity contribution in [3.05, 3.63) is 5.82 Å². The van der Waals surface area contributed by atoms with E-state index >= 15 is 0 Å². The highest BCUT2D eigenvalue weighted by molar-refractivity contribution is 4.95. The van der Waals surface area contributed by atoms with Gasteiger partial charge in [0, 0.05) is 5.92 Å². The van der Waals surface area contributed by atoms with Crippen LogP contribution in [0.1, 0.15) is 43.8 Å². The molecule has 0 radical (unpaired) electrons. The molecule has 0 unspecified atom stereocenters. The van der Waals surface area contributed by atoms with Gasteiger partial charge in [-0.2, -0.15) is 0 Å². The molecular formula is C9H16N4O. The molecule has 1 aromatic rings. The van der Waals surface area contributed by atoms with Gasteiger partial charge in [0.2, 0.25) is 0 Å². The largest absolute Gasteiger partial charge is 0.394 e. The van der Waals surface area contributed by atoms with Crippen molar-refractivity contribution >= 4 is 0 Å². The molecule has 0 amide bonds. The summed E-state index contributed by atoms with van der Waals surface area (Å²) < 4.78 is 1.73. The maximum atomic E-state index is 8.84. The van der Waals surface area contributed by atoms with E-state index in [1.165, 1.54) is 32.1 Å². The minimum absolute atomic E-state index is 0.102. The van der Waals surface area contributed by atoms with E-state index in [2.05, 4.69) is 15.5 Å². The van der Waals surface area contributed by atoms with Crippen molar-refractivity contribution < 1.29 is 5.11 Å². The normalized spacial score (nSPS) is 18.6. The molecule has 5 heteroatoms. The molecule has 1 fully saturated rings. The van der Waals surface area contributed by atoms with Gasteiger partial charge in [-0.1, -0.05) is 19.3 Å². The van der Waals surface area contributed by atoms with E-state index in [-0.39, 0.29) is 6.61 Å². The maximum absolute atomic E-state index is 8.84. The van der Waals surface area contributed by atoms with Crippen LogP contribution in [0, 0.1) is 0 Å². The summed E-state index contributed by atoms with van der Waals surface area (Å²) in [6, 6.07) is 0. The van der Waals surface area contributed by atoms with Crippen molar-refractivity contribution in [1.29, 1.82) is 0 Å². The van der Waals surface area contributed by atoms with Crippen molar-refractivity contribution in [1.82, 2.24) is 20.2 Å². The van der Waals surface area contributed by atoms with Gasteiger partial charge in [-0.25, -0.2) is 4.68 Å². The Balaban J connectivity index is 2.09. The molecule has 0 aliphatic heterocycles. The molecule has 1 heterocycles. The van der Waals surface area contributed by atoms with Gasteiger partial charge in [-0.15, -0.1) is 5.10 Å². The molecule has 5 nitrogen and oxygen atoms in total. The third-order valence-electron chi connectivity index (χ3n) is 2.84. The molecule has 1 saturated carbocycles. The van der Waals surface area contributed by atoms with Crippen LogP contribution in [-0.2, 0) is 6.54 Å². The molecule has 0 saturated heterocycles.